The molecule has 6 nitrogen and oxygen atoms in total. The van der Waals surface area contributed by atoms with Crippen LogP contribution >= 0.6 is 113 Å². The summed E-state index contributed by atoms with van der Waals surface area (Å²) in [7, 11) is -0.347. The number of ether oxygens (including phenoxy) is 6. The Labute approximate surface area is 365 Å². The normalized spacial score (nSPS) is 13.0. The van der Waals surface area contributed by atoms with Gasteiger partial charge in [-0.3, -0.25) is 0 Å². The second-order valence-corrected chi connectivity index (χ2v) is 18.5. The highest BCUT2D eigenvalue weighted by atomic mass is 127. The van der Waals surface area contributed by atoms with Crippen LogP contribution in [0.1, 0.15) is 27.7 Å². The SMILES string of the molecule is CCOC(C)Oc1cc(I)c(Oc2ccc([S+](c3ccc(I)cc3)c3ccc(Oc4cc(I)c(OC(C)OCC)cc4I)cc3)cc2)cc1I. The lowest BCUT2D eigenvalue weighted by Gasteiger charge is -2.17. The number of hydrogen-bond donors (Lipinski definition) is 0. The third-order valence-corrected chi connectivity index (χ3v) is 13.3. The fourth-order valence-corrected chi connectivity index (χ4v) is 9.40. The summed E-state index contributed by atoms with van der Waals surface area (Å²) in [4.78, 5) is 3.60. The Balaban J connectivity index is 1.35. The molecule has 0 saturated carbocycles. The second kappa shape index (κ2) is 19.5. The summed E-state index contributed by atoms with van der Waals surface area (Å²) in [5.41, 5.74) is 0. The van der Waals surface area contributed by atoms with E-state index in [2.05, 4.69) is 161 Å². The van der Waals surface area contributed by atoms with E-state index in [4.69, 9.17) is 28.4 Å². The van der Waals surface area contributed by atoms with Gasteiger partial charge in [-0.1, -0.05) is 0 Å². The van der Waals surface area contributed by atoms with Crippen LogP contribution in [-0.4, -0.2) is 25.8 Å². The maximum Gasteiger partial charge on any atom is 0.197 e. The van der Waals surface area contributed by atoms with E-state index >= 15 is 0 Å². The average Bonchev–Trinajstić information content (AvgIpc) is 3.08. The van der Waals surface area contributed by atoms with Gasteiger partial charge in [-0.05, 0) is 238 Å². The molecule has 0 spiro atoms. The highest BCUT2D eigenvalue weighted by Crippen LogP contribution is 2.38. The molecular formula is C38H34I5O6S+. The third kappa shape index (κ3) is 11.1. The summed E-state index contributed by atoms with van der Waals surface area (Å²) >= 11 is 11.5. The maximum absolute atomic E-state index is 6.36. The predicted molar refractivity (Wildman–Crippen MR) is 242 cm³/mol. The lowest BCUT2D eigenvalue weighted by atomic mass is 10.3. The van der Waals surface area contributed by atoms with Crippen molar-refractivity contribution in [2.75, 3.05) is 13.2 Å². The van der Waals surface area contributed by atoms with Crippen molar-refractivity contribution in [1.82, 2.24) is 0 Å². The fraction of sp³-hybridized carbons (Fsp3) is 0.211. The first kappa shape index (κ1) is 40.4. The molecule has 0 heterocycles. The average molecular weight is 1250 g/mol. The summed E-state index contributed by atoms with van der Waals surface area (Å²) in [5.74, 6) is 4.63. The van der Waals surface area contributed by atoms with Gasteiger partial charge in [0.2, 0.25) is 0 Å². The Morgan fingerprint density at radius 1 is 0.480 bits per heavy atom. The van der Waals surface area contributed by atoms with Crippen LogP contribution in [0.5, 0.6) is 34.5 Å². The molecule has 0 radical (unpaired) electrons. The van der Waals surface area contributed by atoms with Gasteiger partial charge in [-0.25, -0.2) is 0 Å². The molecular weight excluding hydrogens is 1220 g/mol. The van der Waals surface area contributed by atoms with Crippen molar-refractivity contribution in [2.45, 2.75) is 55.0 Å². The Morgan fingerprint density at radius 2 is 0.800 bits per heavy atom. The molecule has 5 aromatic carbocycles. The lowest BCUT2D eigenvalue weighted by molar-refractivity contribution is -0.0621. The molecule has 12 heteroatoms. The summed E-state index contributed by atoms with van der Waals surface area (Å²) < 4.78 is 40.8. The van der Waals surface area contributed by atoms with E-state index in [1.807, 2.05) is 76.2 Å². The zero-order valence-corrected chi connectivity index (χ0v) is 39.2. The smallest absolute Gasteiger partial charge is 0.197 e. The number of rotatable bonds is 15. The van der Waals surface area contributed by atoms with E-state index < -0.39 is 0 Å². The molecule has 5 rings (SSSR count). The molecule has 0 fully saturated rings. The molecule has 0 aliphatic carbocycles. The molecule has 2 atom stereocenters. The number of benzene rings is 5. The third-order valence-electron chi connectivity index (χ3n) is 6.99. The van der Waals surface area contributed by atoms with Crippen LogP contribution < -0.4 is 18.9 Å². The van der Waals surface area contributed by atoms with E-state index in [0.29, 0.717) is 13.2 Å². The Morgan fingerprint density at radius 3 is 1.16 bits per heavy atom. The van der Waals surface area contributed by atoms with E-state index in [1.165, 1.54) is 18.3 Å². The minimum atomic E-state index is -0.347. The van der Waals surface area contributed by atoms with Crippen LogP contribution in [0.15, 0.2) is 112 Å². The molecule has 50 heavy (non-hydrogen) atoms. The molecule has 5 aromatic rings. The Hall–Kier alpha value is -0.780. The molecule has 0 bridgehead atoms. The molecule has 0 amide bonds. The Kier molecular flexibility index (Phi) is 15.8. The van der Waals surface area contributed by atoms with Gasteiger partial charge in [-0.15, -0.1) is 0 Å². The summed E-state index contributed by atoms with van der Waals surface area (Å²) in [6.45, 7) is 8.89. The van der Waals surface area contributed by atoms with Gasteiger partial charge in [0.05, 0.1) is 25.2 Å². The first-order valence-electron chi connectivity index (χ1n) is 15.6. The monoisotopic (exact) mass is 1250 g/mol. The summed E-state index contributed by atoms with van der Waals surface area (Å²) in [6, 6.07) is 33.5. The minimum absolute atomic E-state index is 0.324. The van der Waals surface area contributed by atoms with Crippen LogP contribution in [0.2, 0.25) is 0 Å². The molecule has 0 N–H and O–H groups in total. The summed E-state index contributed by atoms with van der Waals surface area (Å²) in [6.07, 6.45) is -0.648. The highest BCUT2D eigenvalue weighted by molar-refractivity contribution is 14.1. The van der Waals surface area contributed by atoms with Gasteiger partial charge in [0.1, 0.15) is 34.5 Å². The van der Waals surface area contributed by atoms with Crippen molar-refractivity contribution in [1.29, 1.82) is 0 Å². The number of halogens is 5. The molecule has 0 aromatic heterocycles. The lowest BCUT2D eigenvalue weighted by Crippen LogP contribution is -2.16. The molecule has 0 aliphatic heterocycles. The van der Waals surface area contributed by atoms with Crippen molar-refractivity contribution in [3.05, 3.63) is 115 Å². The van der Waals surface area contributed by atoms with E-state index in [-0.39, 0.29) is 23.5 Å². The molecule has 262 valence electrons. The first-order valence-corrected chi connectivity index (χ1v) is 22.3. The van der Waals surface area contributed by atoms with Crippen LogP contribution in [0.25, 0.3) is 0 Å². The quantitative estimate of drug-likeness (QED) is 0.0591. The molecule has 2 unspecified atom stereocenters. The van der Waals surface area contributed by atoms with Crippen LogP contribution in [0, 0.1) is 17.9 Å². The zero-order valence-electron chi connectivity index (χ0n) is 27.6. The van der Waals surface area contributed by atoms with E-state index in [0.717, 1.165) is 48.8 Å². The highest BCUT2D eigenvalue weighted by Gasteiger charge is 2.29. The Bertz CT molecular complexity index is 1760. The van der Waals surface area contributed by atoms with Crippen LogP contribution in [0.4, 0.5) is 0 Å². The number of hydrogen-bond acceptors (Lipinski definition) is 6. The van der Waals surface area contributed by atoms with Gasteiger partial charge in [0.15, 0.2) is 27.3 Å². The van der Waals surface area contributed by atoms with Crippen molar-refractivity contribution in [3.8, 4) is 34.5 Å². The van der Waals surface area contributed by atoms with Gasteiger partial charge in [-0.2, -0.15) is 0 Å². The standard InChI is InChI=1S/C38H34I5O6S/c1-5-44-23(3)46-35-19-33(42)37(21-31(35)40)48-26-9-15-29(16-10-26)50(28-13-7-25(39)8-14-28)30-17-11-27(12-18-30)49-38-22-32(41)36(20-34(38)43)47-24(4)45-6-2/h7-24H,5-6H2,1-4H3/q+1. The van der Waals surface area contributed by atoms with Crippen molar-refractivity contribution < 1.29 is 28.4 Å². The predicted octanol–water partition coefficient (Wildman–Crippen LogP) is 12.9. The fourth-order valence-electron chi connectivity index (χ4n) is 4.77. The van der Waals surface area contributed by atoms with Gasteiger partial charge in [0.25, 0.3) is 0 Å². The van der Waals surface area contributed by atoms with Gasteiger partial charge < -0.3 is 28.4 Å². The largest absolute Gasteiger partial charge is 0.464 e. The molecule has 0 saturated heterocycles. The topological polar surface area (TPSA) is 55.4 Å². The van der Waals surface area contributed by atoms with Gasteiger partial charge in [0, 0.05) is 16.8 Å². The maximum atomic E-state index is 6.36. The second-order valence-electron chi connectivity index (χ2n) is 10.6. The van der Waals surface area contributed by atoms with E-state index in [1.54, 1.807) is 0 Å². The van der Waals surface area contributed by atoms with Crippen LogP contribution in [-0.2, 0) is 20.4 Å². The minimum Gasteiger partial charge on any atom is -0.464 e. The van der Waals surface area contributed by atoms with Crippen molar-refractivity contribution in [2.24, 2.45) is 0 Å². The van der Waals surface area contributed by atoms with Gasteiger partial charge >= 0.3 is 0 Å². The van der Waals surface area contributed by atoms with E-state index in [9.17, 15) is 0 Å². The summed E-state index contributed by atoms with van der Waals surface area (Å²) in [5, 5.41) is 0. The van der Waals surface area contributed by atoms with Crippen molar-refractivity contribution in [3.63, 3.8) is 0 Å². The molecule has 0 aliphatic rings. The van der Waals surface area contributed by atoms with Crippen molar-refractivity contribution >= 4 is 124 Å². The first-order chi connectivity index (χ1) is 24.0. The zero-order chi connectivity index (χ0) is 35.8. The van der Waals surface area contributed by atoms with Crippen LogP contribution in [0.3, 0.4) is 0 Å².